The lowest BCUT2D eigenvalue weighted by Crippen LogP contribution is -2.34. The molecule has 0 bridgehead atoms. The largest absolute Gasteiger partial charge is 0.389 e. The molecule has 0 heterocycles. The average Bonchev–Trinajstić information content (AvgIpc) is 2.37. The smallest absolute Gasteiger partial charge is 0.269 e. The Balaban J connectivity index is 2.74. The lowest BCUT2D eigenvalue weighted by molar-refractivity contribution is -0.384. The maximum absolute atomic E-state index is 11.8. The van der Waals surface area contributed by atoms with Gasteiger partial charge in [0.1, 0.15) is 0 Å². The minimum absolute atomic E-state index is 0.00276. The van der Waals surface area contributed by atoms with Gasteiger partial charge in [-0.25, -0.2) is 13.1 Å². The van der Waals surface area contributed by atoms with Crippen LogP contribution < -0.4 is 4.72 Å². The SMILES string of the molecule is COCC(O)CNS(=O)(=O)c1ccc([N+](=O)[O-])cc1. The van der Waals surface area contributed by atoms with Gasteiger partial charge in [0.05, 0.1) is 22.5 Å². The first-order valence-corrected chi connectivity index (χ1v) is 6.76. The molecule has 106 valence electrons. The van der Waals surface area contributed by atoms with Crippen molar-refractivity contribution in [3.8, 4) is 0 Å². The van der Waals surface area contributed by atoms with Crippen LogP contribution in [0.5, 0.6) is 0 Å². The Morgan fingerprint density at radius 3 is 2.47 bits per heavy atom. The van der Waals surface area contributed by atoms with Crippen molar-refractivity contribution >= 4 is 15.7 Å². The van der Waals surface area contributed by atoms with Crippen LogP contribution in [0.25, 0.3) is 0 Å². The summed E-state index contributed by atoms with van der Waals surface area (Å²) in [6, 6.07) is 4.45. The highest BCUT2D eigenvalue weighted by molar-refractivity contribution is 7.89. The highest BCUT2D eigenvalue weighted by Gasteiger charge is 2.17. The number of ether oxygens (including phenoxy) is 1. The molecular formula is C10H14N2O6S. The van der Waals surface area contributed by atoms with Gasteiger partial charge in [-0.15, -0.1) is 0 Å². The number of rotatable bonds is 7. The summed E-state index contributed by atoms with van der Waals surface area (Å²) in [5.74, 6) is 0. The first kappa shape index (κ1) is 15.5. The molecule has 2 N–H and O–H groups in total. The van der Waals surface area contributed by atoms with Crippen molar-refractivity contribution in [3.05, 3.63) is 34.4 Å². The van der Waals surface area contributed by atoms with E-state index in [9.17, 15) is 23.6 Å². The van der Waals surface area contributed by atoms with Crippen LogP contribution >= 0.6 is 0 Å². The molecular weight excluding hydrogens is 276 g/mol. The molecule has 0 saturated heterocycles. The van der Waals surface area contributed by atoms with Crippen LogP contribution in [0.2, 0.25) is 0 Å². The first-order chi connectivity index (χ1) is 8.86. The molecule has 0 aliphatic rings. The Morgan fingerprint density at radius 1 is 1.42 bits per heavy atom. The van der Waals surface area contributed by atoms with Crippen molar-refractivity contribution in [2.24, 2.45) is 0 Å². The molecule has 1 rings (SSSR count). The highest BCUT2D eigenvalue weighted by atomic mass is 32.2. The minimum atomic E-state index is -3.80. The molecule has 0 spiro atoms. The van der Waals surface area contributed by atoms with Crippen LogP contribution in [0.4, 0.5) is 5.69 Å². The molecule has 0 aromatic heterocycles. The van der Waals surface area contributed by atoms with E-state index in [1.165, 1.54) is 7.11 Å². The van der Waals surface area contributed by atoms with Gasteiger partial charge in [-0.2, -0.15) is 0 Å². The van der Waals surface area contributed by atoms with Gasteiger partial charge >= 0.3 is 0 Å². The van der Waals surface area contributed by atoms with Crippen molar-refractivity contribution in [1.29, 1.82) is 0 Å². The predicted octanol–water partition coefficient (Wildman–Crippen LogP) is -0.120. The zero-order chi connectivity index (χ0) is 14.5. The number of hydrogen-bond acceptors (Lipinski definition) is 6. The van der Waals surface area contributed by atoms with Gasteiger partial charge < -0.3 is 9.84 Å². The number of aliphatic hydroxyl groups is 1. The second-order valence-electron chi connectivity index (χ2n) is 3.71. The highest BCUT2D eigenvalue weighted by Crippen LogP contribution is 2.15. The quantitative estimate of drug-likeness (QED) is 0.534. The van der Waals surface area contributed by atoms with Gasteiger partial charge in [0.15, 0.2) is 0 Å². The second-order valence-corrected chi connectivity index (χ2v) is 5.48. The molecule has 9 heteroatoms. The van der Waals surface area contributed by atoms with Crippen LogP contribution in [0.15, 0.2) is 29.2 Å². The topological polar surface area (TPSA) is 119 Å². The standard InChI is InChI=1S/C10H14N2O6S/c1-18-7-9(13)6-11-19(16,17)10-4-2-8(3-5-10)12(14)15/h2-5,9,11,13H,6-7H2,1H3. The van der Waals surface area contributed by atoms with E-state index in [2.05, 4.69) is 9.46 Å². The summed E-state index contributed by atoms with van der Waals surface area (Å²) >= 11 is 0. The fourth-order valence-electron chi connectivity index (χ4n) is 1.29. The summed E-state index contributed by atoms with van der Waals surface area (Å²) in [5.41, 5.74) is -0.196. The summed E-state index contributed by atoms with van der Waals surface area (Å²) in [4.78, 5) is 9.71. The lowest BCUT2D eigenvalue weighted by Gasteiger charge is -2.11. The van der Waals surface area contributed by atoms with Crippen LogP contribution in [-0.4, -0.2) is 44.8 Å². The molecule has 0 saturated carbocycles. The number of methoxy groups -OCH3 is 1. The molecule has 0 aliphatic carbocycles. The average molecular weight is 290 g/mol. The monoisotopic (exact) mass is 290 g/mol. The molecule has 1 unspecified atom stereocenters. The summed E-state index contributed by atoms with van der Waals surface area (Å²) in [6.07, 6.45) is -0.960. The molecule has 0 fully saturated rings. The zero-order valence-corrected chi connectivity index (χ0v) is 11.0. The third kappa shape index (κ3) is 4.56. The van der Waals surface area contributed by atoms with Crippen molar-refractivity contribution in [3.63, 3.8) is 0 Å². The molecule has 1 aromatic carbocycles. The number of non-ortho nitro benzene ring substituents is 1. The Bertz CT molecular complexity index is 527. The number of sulfonamides is 1. The predicted molar refractivity (Wildman–Crippen MR) is 66.2 cm³/mol. The Morgan fingerprint density at radius 2 is 2.00 bits per heavy atom. The van der Waals surface area contributed by atoms with Gasteiger partial charge in [0.2, 0.25) is 10.0 Å². The van der Waals surface area contributed by atoms with Gasteiger partial charge in [-0.1, -0.05) is 0 Å². The molecule has 1 atom stereocenters. The molecule has 19 heavy (non-hydrogen) atoms. The van der Waals surface area contributed by atoms with Crippen LogP contribution in [-0.2, 0) is 14.8 Å². The Hall–Kier alpha value is -1.55. The second kappa shape index (κ2) is 6.57. The summed E-state index contributed by atoms with van der Waals surface area (Å²) < 4.78 is 30.4. The summed E-state index contributed by atoms with van der Waals surface area (Å²) in [7, 11) is -2.42. The fraction of sp³-hybridized carbons (Fsp3) is 0.400. The maximum atomic E-state index is 11.8. The number of nitrogens with one attached hydrogen (secondary N) is 1. The van der Waals surface area contributed by atoms with Gasteiger partial charge in [-0.05, 0) is 12.1 Å². The number of nitro groups is 1. The normalized spacial score (nSPS) is 13.2. The van der Waals surface area contributed by atoms with Crippen molar-refractivity contribution in [1.82, 2.24) is 4.72 Å². The number of aliphatic hydroxyl groups excluding tert-OH is 1. The number of benzene rings is 1. The first-order valence-electron chi connectivity index (χ1n) is 5.28. The van der Waals surface area contributed by atoms with Crippen molar-refractivity contribution < 1.29 is 23.2 Å². The van der Waals surface area contributed by atoms with E-state index in [1.54, 1.807) is 0 Å². The molecule has 0 aliphatic heterocycles. The van der Waals surface area contributed by atoms with E-state index in [4.69, 9.17) is 0 Å². The third-order valence-corrected chi connectivity index (χ3v) is 3.67. The fourth-order valence-corrected chi connectivity index (χ4v) is 2.36. The van der Waals surface area contributed by atoms with Crippen molar-refractivity contribution in [2.45, 2.75) is 11.0 Å². The molecule has 0 amide bonds. The van der Waals surface area contributed by atoms with Crippen LogP contribution in [0.3, 0.4) is 0 Å². The summed E-state index contributed by atoms with van der Waals surface area (Å²) in [5, 5.41) is 19.8. The molecule has 1 aromatic rings. The van der Waals surface area contributed by atoms with E-state index in [1.807, 2.05) is 0 Å². The van der Waals surface area contributed by atoms with Crippen LogP contribution in [0.1, 0.15) is 0 Å². The number of hydrogen-bond donors (Lipinski definition) is 2. The van der Waals surface area contributed by atoms with Crippen molar-refractivity contribution in [2.75, 3.05) is 20.3 Å². The maximum Gasteiger partial charge on any atom is 0.269 e. The van der Waals surface area contributed by atoms with E-state index >= 15 is 0 Å². The summed E-state index contributed by atoms with van der Waals surface area (Å²) in [6.45, 7) is -0.198. The van der Waals surface area contributed by atoms with Gasteiger partial charge in [-0.3, -0.25) is 10.1 Å². The number of nitrogens with zero attached hydrogens (tertiary/aromatic N) is 1. The van der Waals surface area contributed by atoms with Gasteiger partial charge in [0.25, 0.3) is 5.69 Å². The van der Waals surface area contributed by atoms with Gasteiger partial charge in [0, 0.05) is 25.8 Å². The molecule has 0 radical (unpaired) electrons. The molecule has 8 nitrogen and oxygen atoms in total. The minimum Gasteiger partial charge on any atom is -0.389 e. The Labute approximate surface area is 110 Å². The van der Waals surface area contributed by atoms with E-state index in [0.717, 1.165) is 24.3 Å². The number of nitro benzene ring substituents is 1. The van der Waals surface area contributed by atoms with E-state index in [0.29, 0.717) is 0 Å². The van der Waals surface area contributed by atoms with E-state index < -0.39 is 21.1 Å². The van der Waals surface area contributed by atoms with E-state index in [-0.39, 0.29) is 23.7 Å². The zero-order valence-electron chi connectivity index (χ0n) is 10.1. The van der Waals surface area contributed by atoms with Crippen LogP contribution in [0, 0.1) is 10.1 Å². The Kier molecular flexibility index (Phi) is 5.36. The lowest BCUT2D eigenvalue weighted by atomic mass is 10.3. The third-order valence-electron chi connectivity index (χ3n) is 2.23.